The molecule has 0 aliphatic rings. The number of hydrogen-bond acceptors (Lipinski definition) is 3. The van der Waals surface area contributed by atoms with Gasteiger partial charge in [0.1, 0.15) is 4.88 Å². The number of nitrogens with zero attached hydrogens (tertiary/aromatic N) is 1. The third-order valence-electron chi connectivity index (χ3n) is 3.21. The summed E-state index contributed by atoms with van der Waals surface area (Å²) >= 11 is 4.75. The average molecular weight is 381 g/mol. The third kappa shape index (κ3) is 4.18. The van der Waals surface area contributed by atoms with Crippen molar-refractivity contribution >= 4 is 44.8 Å². The number of nitrogens with one attached hydrogen (secondary N) is 1. The van der Waals surface area contributed by atoms with Crippen LogP contribution in [0.4, 0.5) is 5.69 Å². The van der Waals surface area contributed by atoms with Crippen molar-refractivity contribution in [1.82, 2.24) is 4.90 Å². The number of halogens is 1. The molecule has 2 rings (SSSR count). The van der Waals surface area contributed by atoms with Crippen molar-refractivity contribution in [3.05, 3.63) is 50.6 Å². The highest BCUT2D eigenvalue weighted by Crippen LogP contribution is 2.24. The number of amides is 2. The van der Waals surface area contributed by atoms with Crippen molar-refractivity contribution in [2.75, 3.05) is 11.9 Å². The van der Waals surface area contributed by atoms with E-state index in [4.69, 9.17) is 0 Å². The predicted octanol–water partition coefficient (Wildman–Crippen LogP) is 4.13. The molecule has 2 amide bonds. The Kier molecular flexibility index (Phi) is 5.74. The lowest BCUT2D eigenvalue weighted by Gasteiger charge is -2.19. The number of benzene rings is 1. The highest BCUT2D eigenvalue weighted by Gasteiger charge is 2.12. The van der Waals surface area contributed by atoms with Crippen molar-refractivity contribution in [2.45, 2.75) is 20.4 Å². The zero-order valence-electron chi connectivity index (χ0n) is 12.4. The third-order valence-corrected chi connectivity index (χ3v) is 5.05. The molecule has 0 saturated carbocycles. The first kappa shape index (κ1) is 16.7. The minimum atomic E-state index is -0.141. The van der Waals surface area contributed by atoms with Crippen LogP contribution in [0, 0.1) is 0 Å². The van der Waals surface area contributed by atoms with Gasteiger partial charge in [-0.05, 0) is 52.0 Å². The normalized spacial score (nSPS) is 10.3. The number of anilines is 1. The van der Waals surface area contributed by atoms with E-state index in [1.54, 1.807) is 11.8 Å². The number of rotatable bonds is 5. The lowest BCUT2D eigenvalue weighted by molar-refractivity contribution is -0.129. The van der Waals surface area contributed by atoms with Gasteiger partial charge in [0.05, 0.1) is 0 Å². The van der Waals surface area contributed by atoms with Gasteiger partial charge < -0.3 is 10.2 Å². The van der Waals surface area contributed by atoms with E-state index in [0.717, 1.165) is 15.7 Å². The van der Waals surface area contributed by atoms with Gasteiger partial charge in [-0.3, -0.25) is 9.59 Å². The van der Waals surface area contributed by atoms with E-state index in [2.05, 4.69) is 21.2 Å². The summed E-state index contributed by atoms with van der Waals surface area (Å²) < 4.78 is 0.792. The van der Waals surface area contributed by atoms with Crippen molar-refractivity contribution in [3.8, 4) is 0 Å². The quantitative estimate of drug-likeness (QED) is 0.847. The topological polar surface area (TPSA) is 49.4 Å². The van der Waals surface area contributed by atoms with Crippen molar-refractivity contribution < 1.29 is 9.59 Å². The van der Waals surface area contributed by atoms with Crippen LogP contribution in [0.15, 0.2) is 40.2 Å². The summed E-state index contributed by atoms with van der Waals surface area (Å²) in [5.41, 5.74) is 1.71. The lowest BCUT2D eigenvalue weighted by atomic mass is 10.2. The van der Waals surface area contributed by atoms with Crippen LogP contribution >= 0.6 is 27.3 Å². The van der Waals surface area contributed by atoms with Gasteiger partial charge in [0.15, 0.2) is 0 Å². The fourth-order valence-electron chi connectivity index (χ4n) is 2.06. The van der Waals surface area contributed by atoms with Crippen LogP contribution in [0.2, 0.25) is 0 Å². The smallest absolute Gasteiger partial charge is 0.266 e. The van der Waals surface area contributed by atoms with E-state index in [1.807, 2.05) is 42.6 Å². The summed E-state index contributed by atoms with van der Waals surface area (Å²) in [5.74, 6) is -0.0996. The molecule has 4 nitrogen and oxygen atoms in total. The summed E-state index contributed by atoms with van der Waals surface area (Å²) in [6, 6.07) is 9.41. The molecule has 116 valence electrons. The summed E-state index contributed by atoms with van der Waals surface area (Å²) in [7, 11) is 0. The summed E-state index contributed by atoms with van der Waals surface area (Å²) in [6.07, 6.45) is 0. The second kappa shape index (κ2) is 7.56. The standard InChI is InChI=1S/C16H17BrN2O2S/c1-3-19(11(2)20)10-12-5-4-6-13(9-12)18-16(21)15-14(17)7-8-22-15/h4-9H,3,10H2,1-2H3,(H,18,21). The Bertz CT molecular complexity index is 684. The van der Waals surface area contributed by atoms with E-state index >= 15 is 0 Å². The Morgan fingerprint density at radius 3 is 2.68 bits per heavy atom. The van der Waals surface area contributed by atoms with Crippen LogP contribution in [0.5, 0.6) is 0 Å². The van der Waals surface area contributed by atoms with Gasteiger partial charge >= 0.3 is 0 Å². The molecule has 0 aliphatic heterocycles. The van der Waals surface area contributed by atoms with Gasteiger partial charge in [-0.2, -0.15) is 0 Å². The van der Waals surface area contributed by atoms with E-state index in [-0.39, 0.29) is 11.8 Å². The molecule has 2 aromatic rings. The minimum absolute atomic E-state index is 0.0412. The van der Waals surface area contributed by atoms with E-state index < -0.39 is 0 Å². The molecule has 0 fully saturated rings. The van der Waals surface area contributed by atoms with Crippen molar-refractivity contribution in [1.29, 1.82) is 0 Å². The van der Waals surface area contributed by atoms with Crippen LogP contribution in [0.1, 0.15) is 29.1 Å². The second-order valence-corrected chi connectivity index (χ2v) is 6.56. The molecule has 6 heteroatoms. The van der Waals surface area contributed by atoms with Gasteiger partial charge in [-0.25, -0.2) is 0 Å². The van der Waals surface area contributed by atoms with Gasteiger partial charge in [0.2, 0.25) is 5.91 Å². The van der Waals surface area contributed by atoms with Crippen LogP contribution in [0.25, 0.3) is 0 Å². The first-order chi connectivity index (χ1) is 10.5. The Hall–Kier alpha value is -1.66. The van der Waals surface area contributed by atoms with E-state index in [0.29, 0.717) is 18.0 Å². The maximum atomic E-state index is 12.2. The molecule has 0 spiro atoms. The number of hydrogen-bond donors (Lipinski definition) is 1. The van der Waals surface area contributed by atoms with Crippen LogP contribution in [0.3, 0.4) is 0 Å². The molecular weight excluding hydrogens is 364 g/mol. The maximum Gasteiger partial charge on any atom is 0.266 e. The fraction of sp³-hybridized carbons (Fsp3) is 0.250. The van der Waals surface area contributed by atoms with Crippen molar-refractivity contribution in [3.63, 3.8) is 0 Å². The van der Waals surface area contributed by atoms with Crippen LogP contribution in [-0.4, -0.2) is 23.3 Å². The monoisotopic (exact) mass is 380 g/mol. The maximum absolute atomic E-state index is 12.2. The predicted molar refractivity (Wildman–Crippen MR) is 93.2 cm³/mol. The number of carbonyl (C=O) groups excluding carboxylic acids is 2. The molecule has 0 unspecified atom stereocenters. The van der Waals surface area contributed by atoms with Gasteiger partial charge in [0.25, 0.3) is 5.91 Å². The Morgan fingerprint density at radius 1 is 1.32 bits per heavy atom. The molecule has 0 aliphatic carbocycles. The molecule has 0 radical (unpaired) electrons. The summed E-state index contributed by atoms with van der Waals surface area (Å²) in [6.45, 7) is 4.71. The molecular formula is C16H17BrN2O2S. The van der Waals surface area contributed by atoms with Gasteiger partial charge in [0, 0.05) is 30.2 Å². The molecule has 0 bridgehead atoms. The van der Waals surface area contributed by atoms with Gasteiger partial charge in [-0.15, -0.1) is 11.3 Å². The first-order valence-corrected chi connectivity index (χ1v) is 8.57. The second-order valence-electron chi connectivity index (χ2n) is 4.79. The van der Waals surface area contributed by atoms with Crippen LogP contribution in [-0.2, 0) is 11.3 Å². The Balaban J connectivity index is 2.10. The molecule has 0 atom stereocenters. The minimum Gasteiger partial charge on any atom is -0.339 e. The zero-order chi connectivity index (χ0) is 16.1. The lowest BCUT2D eigenvalue weighted by Crippen LogP contribution is -2.27. The fourth-order valence-corrected chi connectivity index (χ4v) is 3.50. The molecule has 1 heterocycles. The Morgan fingerprint density at radius 2 is 2.09 bits per heavy atom. The zero-order valence-corrected chi connectivity index (χ0v) is 14.8. The molecule has 22 heavy (non-hydrogen) atoms. The summed E-state index contributed by atoms with van der Waals surface area (Å²) in [5, 5.41) is 4.75. The number of carbonyl (C=O) groups is 2. The Labute approximate surface area is 142 Å². The average Bonchev–Trinajstić information content (AvgIpc) is 2.91. The highest BCUT2D eigenvalue weighted by molar-refractivity contribution is 9.10. The van der Waals surface area contributed by atoms with Crippen molar-refractivity contribution in [2.24, 2.45) is 0 Å². The highest BCUT2D eigenvalue weighted by atomic mass is 79.9. The molecule has 1 N–H and O–H groups in total. The van der Waals surface area contributed by atoms with E-state index in [1.165, 1.54) is 11.3 Å². The molecule has 0 saturated heterocycles. The molecule has 1 aromatic carbocycles. The van der Waals surface area contributed by atoms with E-state index in [9.17, 15) is 9.59 Å². The summed E-state index contributed by atoms with van der Waals surface area (Å²) in [4.78, 5) is 26.1. The van der Waals surface area contributed by atoms with Gasteiger partial charge in [-0.1, -0.05) is 12.1 Å². The first-order valence-electron chi connectivity index (χ1n) is 6.90. The van der Waals surface area contributed by atoms with Crippen LogP contribution < -0.4 is 5.32 Å². The largest absolute Gasteiger partial charge is 0.339 e. The molecule has 1 aromatic heterocycles. The number of thiophene rings is 1. The SMILES string of the molecule is CCN(Cc1cccc(NC(=O)c2sccc2Br)c1)C(C)=O.